The van der Waals surface area contributed by atoms with Crippen molar-refractivity contribution >= 4 is 17.1 Å². The van der Waals surface area contributed by atoms with E-state index >= 15 is 0 Å². The molecular formula is C17H30N6O2. The fourth-order valence-electron chi connectivity index (χ4n) is 3.00. The summed E-state index contributed by atoms with van der Waals surface area (Å²) in [5.41, 5.74) is 5.55. The van der Waals surface area contributed by atoms with E-state index in [0.29, 0.717) is 36.7 Å². The number of hydrogen-bond donors (Lipinski definition) is 3. The second-order valence-electron chi connectivity index (χ2n) is 6.41. The fraction of sp³-hybridized carbons (Fsp3) is 0.706. The molecule has 2 aromatic heterocycles. The first-order valence-corrected chi connectivity index (χ1v) is 9.23. The van der Waals surface area contributed by atoms with Crippen molar-refractivity contribution in [3.63, 3.8) is 0 Å². The molecule has 0 unspecified atom stereocenters. The molecule has 0 aliphatic heterocycles. The Morgan fingerprint density at radius 3 is 2.48 bits per heavy atom. The van der Waals surface area contributed by atoms with Crippen LogP contribution in [0.4, 0.5) is 5.95 Å². The average molecular weight is 350 g/mol. The molecule has 0 atom stereocenters. The van der Waals surface area contributed by atoms with E-state index in [4.69, 9.17) is 5.73 Å². The Morgan fingerprint density at radius 1 is 1.12 bits per heavy atom. The van der Waals surface area contributed by atoms with Gasteiger partial charge in [-0.1, -0.05) is 45.4 Å². The summed E-state index contributed by atoms with van der Waals surface area (Å²) < 4.78 is 3.24. The summed E-state index contributed by atoms with van der Waals surface area (Å²) in [6.45, 7) is 3.94. The van der Waals surface area contributed by atoms with Gasteiger partial charge in [-0.2, -0.15) is 4.98 Å². The number of H-pyrrole nitrogens is 1. The number of anilines is 1. The molecule has 0 radical (unpaired) electrons. The molecule has 0 aliphatic rings. The van der Waals surface area contributed by atoms with Crippen LogP contribution in [0.15, 0.2) is 9.59 Å². The lowest BCUT2D eigenvalue weighted by Crippen LogP contribution is -2.29. The van der Waals surface area contributed by atoms with Gasteiger partial charge in [0, 0.05) is 26.7 Å². The third kappa shape index (κ3) is 4.72. The van der Waals surface area contributed by atoms with Crippen molar-refractivity contribution in [3.8, 4) is 0 Å². The van der Waals surface area contributed by atoms with Crippen LogP contribution in [0.1, 0.15) is 51.9 Å². The Balaban J connectivity index is 2.16. The van der Waals surface area contributed by atoms with Crippen molar-refractivity contribution in [2.24, 2.45) is 12.8 Å². The summed E-state index contributed by atoms with van der Waals surface area (Å²) in [6.07, 6.45) is 8.37. The average Bonchev–Trinajstić information content (AvgIpc) is 2.96. The number of unbranched alkanes of at least 4 members (excludes halogenated alkanes) is 6. The van der Waals surface area contributed by atoms with Crippen molar-refractivity contribution in [2.75, 3.05) is 18.4 Å². The monoisotopic (exact) mass is 350 g/mol. The van der Waals surface area contributed by atoms with Crippen molar-refractivity contribution in [1.82, 2.24) is 19.1 Å². The van der Waals surface area contributed by atoms with Crippen molar-refractivity contribution < 1.29 is 0 Å². The van der Waals surface area contributed by atoms with Gasteiger partial charge in [0.15, 0.2) is 11.2 Å². The van der Waals surface area contributed by atoms with Gasteiger partial charge in [-0.3, -0.25) is 14.3 Å². The van der Waals surface area contributed by atoms with Gasteiger partial charge in [0.05, 0.1) is 0 Å². The molecule has 0 bridgehead atoms. The topological polar surface area (TPSA) is 111 Å². The third-order valence-electron chi connectivity index (χ3n) is 4.42. The van der Waals surface area contributed by atoms with E-state index < -0.39 is 11.2 Å². The second kappa shape index (κ2) is 9.41. The number of hydrogen-bond acceptors (Lipinski definition) is 5. The van der Waals surface area contributed by atoms with Crippen molar-refractivity contribution in [1.29, 1.82) is 0 Å². The Kier molecular flexibility index (Phi) is 7.24. The zero-order valence-corrected chi connectivity index (χ0v) is 15.3. The number of nitrogens with one attached hydrogen (secondary N) is 2. The van der Waals surface area contributed by atoms with E-state index in [9.17, 15) is 9.59 Å². The summed E-state index contributed by atoms with van der Waals surface area (Å²) in [6, 6.07) is 0. The predicted octanol–water partition coefficient (Wildman–Crippen LogP) is 1.54. The lowest BCUT2D eigenvalue weighted by Gasteiger charge is -2.09. The SMILES string of the molecule is CCCCCCCCCn1c(NCCN)nc2c1c(=O)[nH]c(=O)n2C. The standard InChI is InChI=1S/C17H30N6O2/c1-3-4-5-6-7-8-9-12-23-13-14(20-16(23)19-11-10-18)22(2)17(25)21-15(13)24/h3-12,18H2,1-2H3,(H,19,20)(H,21,24,25). The maximum absolute atomic E-state index is 12.3. The molecule has 8 heteroatoms. The molecule has 2 heterocycles. The molecule has 0 aromatic carbocycles. The second-order valence-corrected chi connectivity index (χ2v) is 6.41. The first kappa shape index (κ1) is 19.2. The van der Waals surface area contributed by atoms with E-state index in [2.05, 4.69) is 22.2 Å². The number of imidazole rings is 1. The molecule has 25 heavy (non-hydrogen) atoms. The molecule has 2 aromatic rings. The van der Waals surface area contributed by atoms with Crippen LogP contribution >= 0.6 is 0 Å². The van der Waals surface area contributed by atoms with Crippen LogP contribution in [0.25, 0.3) is 11.2 Å². The molecule has 0 amide bonds. The lowest BCUT2D eigenvalue weighted by atomic mass is 10.1. The van der Waals surface area contributed by atoms with Crippen LogP contribution in [0.5, 0.6) is 0 Å². The van der Waals surface area contributed by atoms with E-state index in [1.807, 2.05) is 4.57 Å². The van der Waals surface area contributed by atoms with Gasteiger partial charge in [0.2, 0.25) is 5.95 Å². The molecule has 0 aliphatic carbocycles. The highest BCUT2D eigenvalue weighted by Crippen LogP contribution is 2.17. The third-order valence-corrected chi connectivity index (χ3v) is 4.42. The molecule has 0 spiro atoms. The number of aryl methyl sites for hydroxylation is 2. The number of aromatic nitrogens is 4. The number of rotatable bonds is 11. The lowest BCUT2D eigenvalue weighted by molar-refractivity contribution is 0.556. The van der Waals surface area contributed by atoms with E-state index in [1.165, 1.54) is 36.7 Å². The van der Waals surface area contributed by atoms with Crippen molar-refractivity contribution in [3.05, 3.63) is 20.8 Å². The Morgan fingerprint density at radius 2 is 1.80 bits per heavy atom. The quantitative estimate of drug-likeness (QED) is 0.532. The summed E-state index contributed by atoms with van der Waals surface area (Å²) in [5, 5.41) is 3.15. The summed E-state index contributed by atoms with van der Waals surface area (Å²) in [5.74, 6) is 0.595. The van der Waals surface area contributed by atoms with Crippen LogP contribution in [0, 0.1) is 0 Å². The maximum atomic E-state index is 12.3. The minimum Gasteiger partial charge on any atom is -0.354 e. The van der Waals surface area contributed by atoms with Crippen molar-refractivity contribution in [2.45, 2.75) is 58.4 Å². The number of nitrogens with zero attached hydrogens (tertiary/aromatic N) is 3. The largest absolute Gasteiger partial charge is 0.354 e. The molecule has 8 nitrogen and oxygen atoms in total. The predicted molar refractivity (Wildman–Crippen MR) is 101 cm³/mol. The fourth-order valence-corrected chi connectivity index (χ4v) is 3.00. The molecule has 0 fully saturated rings. The van der Waals surface area contributed by atoms with Gasteiger partial charge in [0.1, 0.15) is 0 Å². The maximum Gasteiger partial charge on any atom is 0.329 e. The van der Waals surface area contributed by atoms with E-state index in [-0.39, 0.29) is 0 Å². The number of nitrogens with two attached hydrogens (primary N) is 1. The van der Waals surface area contributed by atoms with E-state index in [0.717, 1.165) is 12.8 Å². The Bertz CT molecular complexity index is 789. The summed E-state index contributed by atoms with van der Waals surface area (Å²) in [7, 11) is 1.61. The van der Waals surface area contributed by atoms with Crippen LogP contribution in [0.2, 0.25) is 0 Å². The zero-order valence-electron chi connectivity index (χ0n) is 15.3. The Labute approximate surface area is 147 Å². The minimum absolute atomic E-state index is 0.394. The number of fused-ring (bicyclic) bond motifs is 1. The summed E-state index contributed by atoms with van der Waals surface area (Å²) >= 11 is 0. The van der Waals surface area contributed by atoms with Gasteiger partial charge >= 0.3 is 5.69 Å². The van der Waals surface area contributed by atoms with Gasteiger partial charge in [-0.05, 0) is 6.42 Å². The molecule has 140 valence electrons. The highest BCUT2D eigenvalue weighted by molar-refractivity contribution is 5.74. The minimum atomic E-state index is -0.455. The normalized spacial score (nSPS) is 11.3. The Hall–Kier alpha value is -2.09. The highest BCUT2D eigenvalue weighted by Gasteiger charge is 2.16. The van der Waals surface area contributed by atoms with Crippen LogP contribution < -0.4 is 22.3 Å². The smallest absolute Gasteiger partial charge is 0.329 e. The summed E-state index contributed by atoms with van der Waals surface area (Å²) in [4.78, 5) is 30.9. The first-order chi connectivity index (χ1) is 12.1. The molecular weight excluding hydrogens is 320 g/mol. The highest BCUT2D eigenvalue weighted by atomic mass is 16.2. The van der Waals surface area contributed by atoms with Gasteiger partial charge < -0.3 is 15.6 Å². The molecule has 4 N–H and O–H groups in total. The van der Waals surface area contributed by atoms with Gasteiger partial charge in [-0.25, -0.2) is 4.79 Å². The van der Waals surface area contributed by atoms with E-state index in [1.54, 1.807) is 7.05 Å². The molecule has 0 saturated carbocycles. The first-order valence-electron chi connectivity index (χ1n) is 9.23. The number of aromatic amines is 1. The molecule has 2 rings (SSSR count). The molecule has 0 saturated heterocycles. The van der Waals surface area contributed by atoms with Crippen LogP contribution in [-0.4, -0.2) is 32.2 Å². The van der Waals surface area contributed by atoms with Crippen LogP contribution in [0.3, 0.4) is 0 Å². The zero-order chi connectivity index (χ0) is 18.2. The van der Waals surface area contributed by atoms with Gasteiger partial charge in [0.25, 0.3) is 5.56 Å². The van der Waals surface area contributed by atoms with Crippen LogP contribution in [-0.2, 0) is 13.6 Å². The van der Waals surface area contributed by atoms with Gasteiger partial charge in [-0.15, -0.1) is 0 Å².